The lowest BCUT2D eigenvalue weighted by atomic mass is 9.98. The standard InChI is InChI=1S/C36H36Cl2N8O2/c1-45-21-23(17-41-45)15-39-19-25-11-13-31(43-35(25)47-3)29-9-5-7-27(33(29)37)28-8-6-10-30(34(28)38)32-14-12-26(36(44-32)48-4)20-40-16-24-18-42-46(2)22-24/h5-14,17-18,21-22,39-40H,15-16,19-20H2,1-4H3. The van der Waals surface area contributed by atoms with E-state index in [1.807, 2.05) is 99.5 Å². The number of nitrogens with zero attached hydrogens (tertiary/aromatic N) is 6. The van der Waals surface area contributed by atoms with Crippen molar-refractivity contribution < 1.29 is 9.47 Å². The summed E-state index contributed by atoms with van der Waals surface area (Å²) < 4.78 is 14.9. The summed E-state index contributed by atoms with van der Waals surface area (Å²) in [6, 6.07) is 19.6. The van der Waals surface area contributed by atoms with E-state index < -0.39 is 0 Å². The topological polar surface area (TPSA) is 104 Å². The van der Waals surface area contributed by atoms with E-state index >= 15 is 0 Å². The van der Waals surface area contributed by atoms with E-state index in [4.69, 9.17) is 42.6 Å². The molecule has 0 saturated heterocycles. The van der Waals surface area contributed by atoms with Crippen LogP contribution in [0.3, 0.4) is 0 Å². The van der Waals surface area contributed by atoms with Crippen molar-refractivity contribution in [3.8, 4) is 45.4 Å². The minimum atomic E-state index is 0.531. The van der Waals surface area contributed by atoms with Gasteiger partial charge in [-0.3, -0.25) is 9.36 Å². The van der Waals surface area contributed by atoms with Crippen LogP contribution >= 0.6 is 23.2 Å². The molecule has 0 atom stereocenters. The molecule has 246 valence electrons. The number of aryl methyl sites for hydroxylation is 2. The van der Waals surface area contributed by atoms with Crippen LogP contribution in [0.25, 0.3) is 33.6 Å². The lowest BCUT2D eigenvalue weighted by Gasteiger charge is -2.15. The van der Waals surface area contributed by atoms with Gasteiger partial charge >= 0.3 is 0 Å². The van der Waals surface area contributed by atoms with Crippen molar-refractivity contribution in [3.05, 3.63) is 118 Å². The normalized spacial score (nSPS) is 11.2. The van der Waals surface area contributed by atoms with Gasteiger partial charge in [0.2, 0.25) is 11.8 Å². The summed E-state index contributed by atoms with van der Waals surface area (Å²) in [5, 5.41) is 16.4. The minimum absolute atomic E-state index is 0.531. The Kier molecular flexibility index (Phi) is 10.4. The Morgan fingerprint density at radius 1 is 0.583 bits per heavy atom. The van der Waals surface area contributed by atoms with Gasteiger partial charge in [0.15, 0.2) is 0 Å². The highest BCUT2D eigenvalue weighted by molar-refractivity contribution is 6.39. The molecule has 0 spiro atoms. The van der Waals surface area contributed by atoms with Gasteiger partial charge in [-0.2, -0.15) is 10.2 Å². The van der Waals surface area contributed by atoms with Gasteiger partial charge in [0.05, 0.1) is 48.0 Å². The molecule has 0 unspecified atom stereocenters. The molecule has 4 aromatic heterocycles. The first kappa shape index (κ1) is 33.2. The zero-order valence-electron chi connectivity index (χ0n) is 27.2. The van der Waals surface area contributed by atoms with Gasteiger partial charge in [0.25, 0.3) is 0 Å². The third kappa shape index (κ3) is 7.37. The summed E-state index contributed by atoms with van der Waals surface area (Å²) in [7, 11) is 7.04. The molecule has 0 saturated carbocycles. The largest absolute Gasteiger partial charge is 0.481 e. The SMILES string of the molecule is COc1nc(-c2cccc(-c3cccc(-c4ccc(CNCc5cnn(C)c5)c(OC)n4)c3Cl)c2Cl)ccc1CNCc1cnn(C)c1. The fraction of sp³-hybridized carbons (Fsp3) is 0.222. The Labute approximate surface area is 289 Å². The van der Waals surface area contributed by atoms with Crippen LogP contribution in [0.1, 0.15) is 22.3 Å². The number of aromatic nitrogens is 6. The maximum atomic E-state index is 7.09. The lowest BCUT2D eigenvalue weighted by molar-refractivity contribution is 0.391. The second-order valence-electron chi connectivity index (χ2n) is 11.3. The van der Waals surface area contributed by atoms with Crippen LogP contribution in [0.4, 0.5) is 0 Å². The zero-order valence-corrected chi connectivity index (χ0v) is 28.7. The van der Waals surface area contributed by atoms with Gasteiger partial charge in [-0.15, -0.1) is 0 Å². The van der Waals surface area contributed by atoms with Gasteiger partial charge in [-0.1, -0.05) is 71.7 Å². The average Bonchev–Trinajstić information content (AvgIpc) is 3.72. The number of methoxy groups -OCH3 is 2. The Balaban J connectivity index is 1.22. The van der Waals surface area contributed by atoms with Gasteiger partial charge in [-0.25, -0.2) is 9.97 Å². The summed E-state index contributed by atoms with van der Waals surface area (Å²) >= 11 is 14.2. The summed E-state index contributed by atoms with van der Waals surface area (Å²) in [4.78, 5) is 9.62. The Bertz CT molecular complexity index is 1900. The van der Waals surface area contributed by atoms with Crippen LogP contribution in [0.2, 0.25) is 10.0 Å². The number of halogens is 2. The monoisotopic (exact) mass is 682 g/mol. The molecule has 12 heteroatoms. The predicted octanol–water partition coefficient (Wildman–Crippen LogP) is 6.85. The molecule has 10 nitrogen and oxygen atoms in total. The van der Waals surface area contributed by atoms with Crippen LogP contribution in [-0.2, 0) is 40.3 Å². The van der Waals surface area contributed by atoms with Crippen molar-refractivity contribution in [3.63, 3.8) is 0 Å². The maximum absolute atomic E-state index is 7.09. The van der Waals surface area contributed by atoms with Gasteiger partial charge < -0.3 is 20.1 Å². The molecule has 0 bridgehead atoms. The number of nitrogens with one attached hydrogen (secondary N) is 2. The van der Waals surface area contributed by atoms with Crippen molar-refractivity contribution >= 4 is 23.2 Å². The van der Waals surface area contributed by atoms with Crippen LogP contribution in [0.5, 0.6) is 11.8 Å². The smallest absolute Gasteiger partial charge is 0.218 e. The van der Waals surface area contributed by atoms with Crippen LogP contribution in [-0.4, -0.2) is 43.7 Å². The zero-order chi connectivity index (χ0) is 33.6. The highest BCUT2D eigenvalue weighted by Gasteiger charge is 2.18. The van der Waals surface area contributed by atoms with E-state index in [0.29, 0.717) is 59.4 Å². The summed E-state index contributed by atoms with van der Waals surface area (Å²) in [6.45, 7) is 2.54. The molecule has 6 rings (SSSR count). The second-order valence-corrected chi connectivity index (χ2v) is 12.1. The van der Waals surface area contributed by atoms with Crippen molar-refractivity contribution in [2.45, 2.75) is 26.2 Å². The Morgan fingerprint density at radius 3 is 1.38 bits per heavy atom. The number of hydrogen-bond donors (Lipinski definition) is 2. The molecule has 0 fully saturated rings. The molecule has 2 N–H and O–H groups in total. The fourth-order valence-electron chi connectivity index (χ4n) is 5.55. The van der Waals surface area contributed by atoms with E-state index in [1.165, 1.54) is 0 Å². The van der Waals surface area contributed by atoms with Crippen LogP contribution in [0, 0.1) is 0 Å². The molecule has 0 aliphatic rings. The molecule has 0 aliphatic heterocycles. The first-order valence-corrected chi connectivity index (χ1v) is 16.1. The summed E-state index contributed by atoms with van der Waals surface area (Å²) in [5.74, 6) is 1.06. The van der Waals surface area contributed by atoms with Gasteiger partial charge in [0.1, 0.15) is 0 Å². The molecular formula is C36H36Cl2N8O2. The third-order valence-corrected chi connectivity index (χ3v) is 8.72. The lowest BCUT2D eigenvalue weighted by Crippen LogP contribution is -2.13. The van der Waals surface area contributed by atoms with Crippen molar-refractivity contribution in [2.24, 2.45) is 14.1 Å². The molecule has 0 amide bonds. The number of ether oxygens (including phenoxy) is 2. The maximum Gasteiger partial charge on any atom is 0.218 e. The quantitative estimate of drug-likeness (QED) is 0.136. The molecule has 48 heavy (non-hydrogen) atoms. The summed E-state index contributed by atoms with van der Waals surface area (Å²) in [5.41, 5.74) is 8.58. The van der Waals surface area contributed by atoms with Gasteiger partial charge in [-0.05, 0) is 12.1 Å². The second kappa shape index (κ2) is 15.0. The first-order valence-electron chi connectivity index (χ1n) is 15.4. The average molecular weight is 684 g/mol. The highest BCUT2D eigenvalue weighted by atomic mass is 35.5. The molecular weight excluding hydrogens is 647 g/mol. The van der Waals surface area contributed by atoms with E-state index in [9.17, 15) is 0 Å². The van der Waals surface area contributed by atoms with Crippen molar-refractivity contribution in [1.29, 1.82) is 0 Å². The molecule has 0 aliphatic carbocycles. The van der Waals surface area contributed by atoms with Crippen molar-refractivity contribution in [2.75, 3.05) is 14.2 Å². The molecule has 2 aromatic carbocycles. The number of benzene rings is 2. The fourth-order valence-corrected chi connectivity index (χ4v) is 6.20. The minimum Gasteiger partial charge on any atom is -0.481 e. The Morgan fingerprint density at radius 2 is 1.00 bits per heavy atom. The molecule has 4 heterocycles. The van der Waals surface area contributed by atoms with E-state index in [-0.39, 0.29) is 0 Å². The predicted molar refractivity (Wildman–Crippen MR) is 189 cm³/mol. The number of pyridine rings is 2. The van der Waals surface area contributed by atoms with Crippen LogP contribution < -0.4 is 20.1 Å². The van der Waals surface area contributed by atoms with E-state index in [2.05, 4.69) is 20.8 Å². The number of hydrogen-bond acceptors (Lipinski definition) is 8. The molecule has 6 aromatic rings. The molecule has 0 radical (unpaired) electrons. The Hall–Kier alpha value is -4.74. The number of rotatable bonds is 13. The van der Waals surface area contributed by atoms with E-state index in [0.717, 1.165) is 44.5 Å². The van der Waals surface area contributed by atoms with Crippen LogP contribution in [0.15, 0.2) is 85.5 Å². The summed E-state index contributed by atoms with van der Waals surface area (Å²) in [6.07, 6.45) is 7.65. The highest BCUT2D eigenvalue weighted by Crippen LogP contribution is 2.42. The van der Waals surface area contributed by atoms with Crippen molar-refractivity contribution in [1.82, 2.24) is 40.2 Å². The van der Waals surface area contributed by atoms with Gasteiger partial charge in [0, 0.05) is 97.2 Å². The third-order valence-electron chi connectivity index (χ3n) is 7.91. The van der Waals surface area contributed by atoms with E-state index in [1.54, 1.807) is 23.6 Å². The first-order chi connectivity index (χ1) is 23.3.